The maximum absolute atomic E-state index is 12.4. The van der Waals surface area contributed by atoms with Crippen molar-refractivity contribution < 1.29 is 23.7 Å². The van der Waals surface area contributed by atoms with Crippen LogP contribution in [-0.2, 0) is 16.1 Å². The van der Waals surface area contributed by atoms with Crippen molar-refractivity contribution >= 4 is 5.97 Å². The number of methoxy groups -OCH3 is 2. The van der Waals surface area contributed by atoms with E-state index in [1.807, 2.05) is 51.1 Å². The van der Waals surface area contributed by atoms with E-state index < -0.39 is 5.97 Å². The Hall–Kier alpha value is -2.53. The van der Waals surface area contributed by atoms with Gasteiger partial charge < -0.3 is 18.9 Å². The third-order valence-electron chi connectivity index (χ3n) is 4.13. The van der Waals surface area contributed by atoms with E-state index in [-0.39, 0.29) is 6.79 Å². The highest BCUT2D eigenvalue weighted by Crippen LogP contribution is 2.38. The normalized spacial score (nSPS) is 10.4. The summed E-state index contributed by atoms with van der Waals surface area (Å²) in [4.78, 5) is 12.4. The van der Waals surface area contributed by atoms with Gasteiger partial charge in [0.2, 0.25) is 0 Å². The van der Waals surface area contributed by atoms with Crippen molar-refractivity contribution in [2.75, 3.05) is 21.0 Å². The number of carbonyl (C=O) groups is 1. The quantitative estimate of drug-likeness (QED) is 0.562. The van der Waals surface area contributed by atoms with Crippen LogP contribution in [-0.4, -0.2) is 27.0 Å². The Morgan fingerprint density at radius 2 is 1.60 bits per heavy atom. The van der Waals surface area contributed by atoms with Crippen LogP contribution in [0.5, 0.6) is 11.5 Å². The molecule has 0 heterocycles. The number of rotatable bonds is 7. The summed E-state index contributed by atoms with van der Waals surface area (Å²) < 4.78 is 21.4. The molecule has 0 saturated carbocycles. The zero-order valence-electron chi connectivity index (χ0n) is 15.3. The Morgan fingerprint density at radius 3 is 2.20 bits per heavy atom. The first kappa shape index (κ1) is 18.8. The molecule has 0 aromatic heterocycles. The molecule has 0 amide bonds. The van der Waals surface area contributed by atoms with Crippen molar-refractivity contribution in [3.8, 4) is 11.5 Å². The molecule has 0 aliphatic heterocycles. The van der Waals surface area contributed by atoms with E-state index in [4.69, 9.17) is 18.9 Å². The predicted octanol–water partition coefficient (Wildman–Crippen LogP) is 3.96. The van der Waals surface area contributed by atoms with Crippen LogP contribution in [0.1, 0.15) is 32.6 Å². The van der Waals surface area contributed by atoms with Gasteiger partial charge in [0.05, 0.1) is 7.11 Å². The van der Waals surface area contributed by atoms with E-state index >= 15 is 0 Å². The average Bonchev–Trinajstić information content (AvgIpc) is 2.63. The number of carbonyl (C=O) groups excluding carboxylic acids is 1. The molecule has 0 unspecified atom stereocenters. The maximum atomic E-state index is 12.4. The van der Waals surface area contributed by atoms with E-state index in [0.717, 1.165) is 28.0 Å². The van der Waals surface area contributed by atoms with Gasteiger partial charge in [0, 0.05) is 12.7 Å². The molecule has 5 nitrogen and oxygen atoms in total. The standard InChI is InChI=1S/C20H24O5/c1-13-14(2)18(24-11-16-9-7-6-8-10-16)15(3)19(23-5)17(13)20(21)25-12-22-4/h6-10H,11-12H2,1-5H3. The van der Waals surface area contributed by atoms with Gasteiger partial charge in [-0.25, -0.2) is 4.79 Å². The van der Waals surface area contributed by atoms with Gasteiger partial charge in [-0.05, 0) is 37.5 Å². The molecule has 0 N–H and O–H groups in total. The molecule has 0 fully saturated rings. The number of hydrogen-bond donors (Lipinski definition) is 0. The van der Waals surface area contributed by atoms with Crippen molar-refractivity contribution in [2.45, 2.75) is 27.4 Å². The first-order valence-corrected chi connectivity index (χ1v) is 8.01. The SMILES string of the molecule is COCOC(=O)c1c(C)c(C)c(OCc2ccccc2)c(C)c1OC. The fraction of sp³-hybridized carbons (Fsp3) is 0.350. The zero-order chi connectivity index (χ0) is 18.4. The summed E-state index contributed by atoms with van der Waals surface area (Å²) >= 11 is 0. The fourth-order valence-corrected chi connectivity index (χ4v) is 2.73. The second kappa shape index (κ2) is 8.53. The summed E-state index contributed by atoms with van der Waals surface area (Å²) in [5.41, 5.74) is 3.90. The molecule has 0 bridgehead atoms. The lowest BCUT2D eigenvalue weighted by molar-refractivity contribution is -0.0128. The maximum Gasteiger partial charge on any atom is 0.344 e. The van der Waals surface area contributed by atoms with Gasteiger partial charge in [-0.3, -0.25) is 0 Å². The summed E-state index contributed by atoms with van der Waals surface area (Å²) in [6.45, 7) is 5.99. The average molecular weight is 344 g/mol. The van der Waals surface area contributed by atoms with Gasteiger partial charge in [-0.15, -0.1) is 0 Å². The van der Waals surface area contributed by atoms with Gasteiger partial charge in [-0.2, -0.15) is 0 Å². The Morgan fingerprint density at radius 1 is 0.920 bits per heavy atom. The van der Waals surface area contributed by atoms with Gasteiger partial charge in [0.15, 0.2) is 6.79 Å². The van der Waals surface area contributed by atoms with Gasteiger partial charge in [0.1, 0.15) is 23.7 Å². The lowest BCUT2D eigenvalue weighted by Crippen LogP contribution is -2.14. The summed E-state index contributed by atoms with van der Waals surface area (Å²) in [5, 5.41) is 0. The molecule has 2 aromatic rings. The van der Waals surface area contributed by atoms with E-state index in [9.17, 15) is 4.79 Å². The minimum atomic E-state index is -0.475. The molecule has 0 aliphatic rings. The first-order chi connectivity index (χ1) is 12.0. The molecule has 0 spiro atoms. The lowest BCUT2D eigenvalue weighted by atomic mass is 9.97. The van der Waals surface area contributed by atoms with Crippen molar-refractivity contribution in [3.05, 3.63) is 58.1 Å². The molecule has 2 rings (SSSR count). The van der Waals surface area contributed by atoms with Crippen molar-refractivity contribution in [1.29, 1.82) is 0 Å². The van der Waals surface area contributed by atoms with E-state index in [1.54, 1.807) is 0 Å². The second-order valence-electron chi connectivity index (χ2n) is 5.72. The highest BCUT2D eigenvalue weighted by molar-refractivity contribution is 5.95. The van der Waals surface area contributed by atoms with Crippen LogP contribution in [0.4, 0.5) is 0 Å². The van der Waals surface area contributed by atoms with Crippen LogP contribution in [0.25, 0.3) is 0 Å². The van der Waals surface area contributed by atoms with E-state index in [1.165, 1.54) is 14.2 Å². The molecule has 5 heteroatoms. The Bertz CT molecular complexity index is 738. The summed E-state index contributed by atoms with van der Waals surface area (Å²) in [6.07, 6.45) is 0. The van der Waals surface area contributed by atoms with Crippen molar-refractivity contribution in [2.24, 2.45) is 0 Å². The van der Waals surface area contributed by atoms with Crippen LogP contribution in [0.2, 0.25) is 0 Å². The highest BCUT2D eigenvalue weighted by Gasteiger charge is 2.25. The minimum absolute atomic E-state index is 0.105. The first-order valence-electron chi connectivity index (χ1n) is 8.01. The third kappa shape index (κ3) is 4.12. The highest BCUT2D eigenvalue weighted by atomic mass is 16.7. The largest absolute Gasteiger partial charge is 0.495 e. The third-order valence-corrected chi connectivity index (χ3v) is 4.13. The van der Waals surface area contributed by atoms with Crippen LogP contribution in [0.15, 0.2) is 30.3 Å². The van der Waals surface area contributed by atoms with Crippen LogP contribution >= 0.6 is 0 Å². The number of benzene rings is 2. The van der Waals surface area contributed by atoms with Gasteiger partial charge >= 0.3 is 5.97 Å². The Balaban J connectivity index is 2.39. The fourth-order valence-electron chi connectivity index (χ4n) is 2.73. The zero-order valence-corrected chi connectivity index (χ0v) is 15.3. The molecule has 0 radical (unpaired) electrons. The van der Waals surface area contributed by atoms with E-state index in [2.05, 4.69) is 0 Å². The molecule has 25 heavy (non-hydrogen) atoms. The number of esters is 1. The Kier molecular flexibility index (Phi) is 6.42. The topological polar surface area (TPSA) is 54.0 Å². The number of ether oxygens (including phenoxy) is 4. The molecule has 0 atom stereocenters. The summed E-state index contributed by atoms with van der Waals surface area (Å²) in [6, 6.07) is 9.92. The molecule has 2 aromatic carbocycles. The van der Waals surface area contributed by atoms with Crippen LogP contribution in [0, 0.1) is 20.8 Å². The second-order valence-corrected chi connectivity index (χ2v) is 5.72. The van der Waals surface area contributed by atoms with Crippen molar-refractivity contribution in [3.63, 3.8) is 0 Å². The van der Waals surface area contributed by atoms with E-state index in [0.29, 0.717) is 17.9 Å². The molecule has 0 saturated heterocycles. The minimum Gasteiger partial charge on any atom is -0.495 e. The monoisotopic (exact) mass is 344 g/mol. The molecular weight excluding hydrogens is 320 g/mol. The summed E-state index contributed by atoms with van der Waals surface area (Å²) in [7, 11) is 3.00. The number of hydrogen-bond acceptors (Lipinski definition) is 5. The van der Waals surface area contributed by atoms with Crippen LogP contribution < -0.4 is 9.47 Å². The molecule has 0 aliphatic carbocycles. The van der Waals surface area contributed by atoms with Crippen molar-refractivity contribution in [1.82, 2.24) is 0 Å². The summed E-state index contributed by atoms with van der Waals surface area (Å²) in [5.74, 6) is 0.714. The predicted molar refractivity (Wildman–Crippen MR) is 95.3 cm³/mol. The smallest absolute Gasteiger partial charge is 0.344 e. The van der Waals surface area contributed by atoms with Crippen LogP contribution in [0.3, 0.4) is 0 Å². The van der Waals surface area contributed by atoms with Gasteiger partial charge in [0.25, 0.3) is 0 Å². The lowest BCUT2D eigenvalue weighted by Gasteiger charge is -2.20. The Labute approximate surface area is 148 Å². The van der Waals surface area contributed by atoms with Gasteiger partial charge in [-0.1, -0.05) is 30.3 Å². The molecule has 134 valence electrons. The molecular formula is C20H24O5.